The van der Waals surface area contributed by atoms with Crippen molar-refractivity contribution in [3.8, 4) is 11.4 Å². The largest absolute Gasteiger partial charge is 0.481 e. The number of amides is 6. The van der Waals surface area contributed by atoms with Crippen molar-refractivity contribution >= 4 is 69.9 Å². The van der Waals surface area contributed by atoms with Crippen molar-refractivity contribution in [1.82, 2.24) is 35.7 Å². The van der Waals surface area contributed by atoms with E-state index < -0.39 is 114 Å². The van der Waals surface area contributed by atoms with Crippen LogP contribution in [0.4, 0.5) is 4.39 Å². The number of benzene rings is 2. The molecular weight excluding hydrogens is 1010 g/mol. The molecule has 5 heterocycles. The quantitative estimate of drug-likeness (QED) is 0.0294. The number of carboxylic acid groups (broad SMARTS) is 1. The van der Waals surface area contributed by atoms with Crippen molar-refractivity contribution in [3.05, 3.63) is 97.6 Å². The lowest BCUT2D eigenvalue weighted by atomic mass is 9.81. The summed E-state index contributed by atoms with van der Waals surface area (Å²) in [6.45, 7) is 3.83. The van der Waals surface area contributed by atoms with Crippen molar-refractivity contribution in [2.45, 2.75) is 135 Å². The van der Waals surface area contributed by atoms with Crippen LogP contribution in [0.5, 0.6) is 0 Å². The van der Waals surface area contributed by atoms with Crippen molar-refractivity contribution in [1.29, 1.82) is 0 Å². The molecule has 6 N–H and O–H groups in total. The first kappa shape index (κ1) is 56.2. The number of fused-ring (bicyclic) bond motifs is 5. The van der Waals surface area contributed by atoms with E-state index >= 15 is 4.39 Å². The molecule has 1 saturated heterocycles. The number of Topliss-reactive ketones (excluding diaryl/α,β-unsaturated/α-hetero) is 2. The van der Waals surface area contributed by atoms with Gasteiger partial charge in [0.1, 0.15) is 12.4 Å². The summed E-state index contributed by atoms with van der Waals surface area (Å²) >= 11 is 0. The Morgan fingerprint density at radius 2 is 1.65 bits per heavy atom. The van der Waals surface area contributed by atoms with Gasteiger partial charge in [0.05, 0.1) is 60.6 Å². The number of carbonyl (C=O) groups excluding carboxylic acids is 9. The minimum Gasteiger partial charge on any atom is -0.481 e. The smallest absolute Gasteiger partial charge is 0.343 e. The monoisotopic (exact) mass is 1080 g/mol. The van der Waals surface area contributed by atoms with Crippen molar-refractivity contribution in [3.63, 3.8) is 0 Å². The number of aliphatic carboxylic acids is 1. The molecule has 0 spiro atoms. The number of hydrogen-bond acceptors (Lipinski definition) is 14. The molecule has 5 atom stereocenters. The van der Waals surface area contributed by atoms with Crippen LogP contribution >= 0.6 is 0 Å². The number of ether oxygens (including phenoxy) is 1. The van der Waals surface area contributed by atoms with Crippen LogP contribution in [-0.2, 0) is 84.3 Å². The van der Waals surface area contributed by atoms with Gasteiger partial charge in [-0.2, -0.15) is 0 Å². The number of aliphatic hydroxyl groups is 1. The zero-order valence-corrected chi connectivity index (χ0v) is 43.6. The average Bonchev–Trinajstić information content (AvgIpc) is 4.13. The molecule has 2 unspecified atom stereocenters. The van der Waals surface area contributed by atoms with Crippen LogP contribution in [0.15, 0.2) is 47.3 Å². The van der Waals surface area contributed by atoms with Crippen LogP contribution < -0.4 is 26.8 Å². The first-order valence-electron chi connectivity index (χ1n) is 26.3. The second-order valence-electron chi connectivity index (χ2n) is 20.6. The van der Waals surface area contributed by atoms with Gasteiger partial charge in [0.15, 0.2) is 17.2 Å². The maximum atomic E-state index is 15.5. The first-order valence-corrected chi connectivity index (χ1v) is 26.3. The highest BCUT2D eigenvalue weighted by Gasteiger charge is 2.46. The number of nitrogens with one attached hydrogen (secondary N) is 4. The van der Waals surface area contributed by atoms with Crippen LogP contribution in [0.3, 0.4) is 0 Å². The highest BCUT2D eigenvalue weighted by Crippen LogP contribution is 2.46. The number of cyclic esters (lactones) is 1. The number of unbranched alkanes of at least 4 members (excludes halogenated alkanes) is 2. The molecule has 4 aliphatic rings. The summed E-state index contributed by atoms with van der Waals surface area (Å²) < 4.78 is 22.2. The molecule has 0 radical (unpaired) electrons. The van der Waals surface area contributed by atoms with Gasteiger partial charge in [-0.05, 0) is 73.8 Å². The second-order valence-corrected chi connectivity index (χ2v) is 20.6. The molecule has 2 aromatic heterocycles. The fraction of sp³-hybridized carbons (Fsp3) is 0.464. The average molecular weight is 1080 g/mol. The number of halogens is 1. The summed E-state index contributed by atoms with van der Waals surface area (Å²) in [4.78, 5) is 148. The Bertz CT molecular complexity index is 3210. The first-order chi connectivity index (χ1) is 37.2. The van der Waals surface area contributed by atoms with Crippen LogP contribution in [0, 0.1) is 24.6 Å². The summed E-state index contributed by atoms with van der Waals surface area (Å²) in [5.74, 6) is -8.31. The van der Waals surface area contributed by atoms with Gasteiger partial charge >= 0.3 is 11.9 Å². The number of likely N-dealkylation sites (tertiary alicyclic amines) is 1. The topological polar surface area (TPSA) is 307 Å². The van der Waals surface area contributed by atoms with Gasteiger partial charge in [-0.1, -0.05) is 50.6 Å². The summed E-state index contributed by atoms with van der Waals surface area (Å²) in [6, 6.07) is 9.57. The Balaban J connectivity index is 0.869. The van der Waals surface area contributed by atoms with Crippen molar-refractivity contribution in [2.24, 2.45) is 11.8 Å². The minimum atomic E-state index is -2.08. The van der Waals surface area contributed by atoms with Gasteiger partial charge in [0.25, 0.3) is 5.56 Å². The predicted molar refractivity (Wildman–Crippen MR) is 275 cm³/mol. The molecule has 0 bridgehead atoms. The molecule has 4 aromatic rings. The molecule has 3 aliphatic heterocycles. The number of pyridine rings is 2. The van der Waals surface area contributed by atoms with E-state index in [4.69, 9.17) is 9.72 Å². The third-order valence-electron chi connectivity index (χ3n) is 15.2. The molecule has 21 nitrogen and oxygen atoms in total. The molecule has 2 aromatic carbocycles. The Morgan fingerprint density at radius 1 is 0.897 bits per heavy atom. The number of aryl methyl sites for hydroxylation is 1. The van der Waals surface area contributed by atoms with Gasteiger partial charge in [0, 0.05) is 73.1 Å². The van der Waals surface area contributed by atoms with E-state index in [-0.39, 0.29) is 86.2 Å². The maximum Gasteiger partial charge on any atom is 0.343 e. The SMILES string of the molecule is CC[C@@]1(O)C(=O)OCc2c1cc1n(c2=O)Cc2c-1nc1cc(F)c(C)c3c1c2C(NC(=O)CNC(=O)[C@@H](CC(=O)CNC(=O)CCC(=O)[C@H](CC(=O)O)NC(=O)CCCCCN1C(=O)CC(C)C1=O)Cc1ccccc1)CC3. The van der Waals surface area contributed by atoms with E-state index in [0.29, 0.717) is 76.7 Å². The Kier molecular flexibility index (Phi) is 17.1. The third kappa shape index (κ3) is 11.9. The molecular formula is C56H62FN7O14. The number of aromatic nitrogens is 2. The fourth-order valence-corrected chi connectivity index (χ4v) is 11.0. The molecule has 22 heteroatoms. The van der Waals surface area contributed by atoms with Crippen LogP contribution in [0.25, 0.3) is 22.3 Å². The lowest BCUT2D eigenvalue weighted by Gasteiger charge is -2.31. The number of carbonyl (C=O) groups is 10. The zero-order valence-electron chi connectivity index (χ0n) is 43.6. The van der Waals surface area contributed by atoms with E-state index in [1.165, 1.54) is 15.5 Å². The minimum absolute atomic E-state index is 0.0204. The normalized spacial score (nSPS) is 18.8. The fourth-order valence-electron chi connectivity index (χ4n) is 11.0. The lowest BCUT2D eigenvalue weighted by Crippen LogP contribution is -2.44. The molecule has 412 valence electrons. The van der Waals surface area contributed by atoms with Gasteiger partial charge in [-0.15, -0.1) is 0 Å². The Hall–Kier alpha value is -8.01. The molecule has 8 rings (SSSR count). The van der Waals surface area contributed by atoms with Crippen LogP contribution in [0.2, 0.25) is 0 Å². The van der Waals surface area contributed by atoms with Crippen molar-refractivity contribution < 1.29 is 67.3 Å². The highest BCUT2D eigenvalue weighted by molar-refractivity contribution is 6.03. The number of ketones is 2. The van der Waals surface area contributed by atoms with Gasteiger partial charge in [-0.25, -0.2) is 14.2 Å². The van der Waals surface area contributed by atoms with Crippen molar-refractivity contribution in [2.75, 3.05) is 19.6 Å². The second kappa shape index (κ2) is 23.7. The van der Waals surface area contributed by atoms with Gasteiger partial charge < -0.3 is 40.8 Å². The predicted octanol–water partition coefficient (Wildman–Crippen LogP) is 2.95. The Morgan fingerprint density at radius 3 is 2.36 bits per heavy atom. The Labute approximate surface area is 447 Å². The van der Waals surface area contributed by atoms with Gasteiger partial charge in [-0.3, -0.25) is 52.8 Å². The number of nitrogens with zero attached hydrogens (tertiary/aromatic N) is 3. The van der Waals surface area contributed by atoms with E-state index in [1.807, 2.05) is 0 Å². The maximum absolute atomic E-state index is 15.5. The number of carboxylic acids is 1. The molecule has 1 fully saturated rings. The summed E-state index contributed by atoms with van der Waals surface area (Å²) in [7, 11) is 0. The van der Waals surface area contributed by atoms with E-state index in [0.717, 1.165) is 0 Å². The zero-order chi connectivity index (χ0) is 56.2. The summed E-state index contributed by atoms with van der Waals surface area (Å²) in [5.41, 5.74) is 1.61. The van der Waals surface area contributed by atoms with Crippen LogP contribution in [0.1, 0.15) is 129 Å². The standard InChI is InChI=1S/C56H62FN7O14/c1-4-56(77)37-22-42-51-35(27-64(42)54(75)36(37)28-78-55(56)76)50-39(15-14-34-30(3)38(57)23-41(62-51)49(34)50)60-46(69)26-59-52(73)32(20-31-11-7-5-8-12-31)21-33(65)25-58-44(67)17-16-43(66)40(24-48(71)72)61-45(68)13-9-6-10-18-63-47(70)19-29(2)53(63)74/h5,7-8,11-12,22-23,29,32,39-40,77H,4,6,9-10,13-21,24-28H2,1-3H3,(H,58,67)(H,59,73)(H,60,69)(H,61,68)(H,71,72)/t29?,32-,39?,40+,56+/m1/s1. The van der Waals surface area contributed by atoms with E-state index in [1.54, 1.807) is 57.2 Å². The number of hydrogen-bond donors (Lipinski definition) is 6. The van der Waals surface area contributed by atoms with E-state index in [9.17, 15) is 63.0 Å². The number of esters is 1. The highest BCUT2D eigenvalue weighted by atomic mass is 19.1. The van der Waals surface area contributed by atoms with Crippen LogP contribution in [-0.4, -0.2) is 109 Å². The number of imide groups is 1. The number of rotatable bonds is 24. The summed E-state index contributed by atoms with van der Waals surface area (Å²) in [5, 5.41) is 32.0. The van der Waals surface area contributed by atoms with E-state index in [2.05, 4.69) is 21.3 Å². The molecule has 1 aliphatic carbocycles. The third-order valence-corrected chi connectivity index (χ3v) is 15.2. The lowest BCUT2D eigenvalue weighted by molar-refractivity contribution is -0.172. The molecule has 6 amide bonds. The summed E-state index contributed by atoms with van der Waals surface area (Å²) in [6.07, 6.45) is 0.193. The molecule has 78 heavy (non-hydrogen) atoms. The molecule has 0 saturated carbocycles. The van der Waals surface area contributed by atoms with Gasteiger partial charge in [0.2, 0.25) is 35.4 Å².